The van der Waals surface area contributed by atoms with Crippen LogP contribution in [0.1, 0.15) is 63.9 Å². The molecule has 2 nitrogen and oxygen atoms in total. The smallest absolute Gasteiger partial charge is 0.163 e. The highest BCUT2D eigenvalue weighted by Crippen LogP contribution is 2.35. The van der Waals surface area contributed by atoms with Crippen LogP contribution in [0.2, 0.25) is 0 Å². The first kappa shape index (κ1) is 15.7. The van der Waals surface area contributed by atoms with Crippen molar-refractivity contribution in [3.63, 3.8) is 0 Å². The fourth-order valence-corrected chi connectivity index (χ4v) is 2.40. The standard InChI is InChI=1S/C17H26O2/c1-11(2)12(3)10-17(5,6)14-7-8-16(19)15(9-14)13(4)18/h7-9,11-12,19H,10H2,1-6H3. The van der Waals surface area contributed by atoms with E-state index in [0.717, 1.165) is 12.0 Å². The molecule has 19 heavy (non-hydrogen) atoms. The molecule has 0 aliphatic heterocycles. The summed E-state index contributed by atoms with van der Waals surface area (Å²) in [7, 11) is 0. The quantitative estimate of drug-likeness (QED) is 0.790. The van der Waals surface area contributed by atoms with E-state index in [1.165, 1.54) is 6.92 Å². The molecule has 1 atom stereocenters. The molecule has 0 bridgehead atoms. The van der Waals surface area contributed by atoms with Gasteiger partial charge in [-0.2, -0.15) is 0 Å². The zero-order valence-electron chi connectivity index (χ0n) is 12.9. The molecule has 106 valence electrons. The minimum absolute atomic E-state index is 0.00157. The number of hydrogen-bond acceptors (Lipinski definition) is 2. The second-order valence-electron chi connectivity index (χ2n) is 6.60. The SMILES string of the molecule is CC(=O)c1cc(C(C)(C)CC(C)C(C)C)ccc1O. The number of rotatable bonds is 5. The van der Waals surface area contributed by atoms with Crippen molar-refractivity contribution in [2.45, 2.75) is 53.4 Å². The average Bonchev–Trinajstić information content (AvgIpc) is 2.27. The van der Waals surface area contributed by atoms with Crippen molar-refractivity contribution < 1.29 is 9.90 Å². The molecular formula is C17H26O2. The zero-order chi connectivity index (χ0) is 14.8. The first-order valence-corrected chi connectivity index (χ1v) is 6.99. The molecule has 0 radical (unpaired) electrons. The fourth-order valence-electron chi connectivity index (χ4n) is 2.40. The Hall–Kier alpha value is -1.31. The van der Waals surface area contributed by atoms with E-state index in [1.54, 1.807) is 6.07 Å². The monoisotopic (exact) mass is 262 g/mol. The number of ketones is 1. The van der Waals surface area contributed by atoms with Gasteiger partial charge in [0.25, 0.3) is 0 Å². The van der Waals surface area contributed by atoms with E-state index in [-0.39, 0.29) is 16.9 Å². The minimum Gasteiger partial charge on any atom is -0.507 e. The third kappa shape index (κ3) is 3.82. The Balaban J connectivity index is 3.07. The number of carbonyl (C=O) groups is 1. The van der Waals surface area contributed by atoms with Gasteiger partial charge in [-0.1, -0.05) is 40.7 Å². The van der Waals surface area contributed by atoms with E-state index in [2.05, 4.69) is 34.6 Å². The number of Topliss-reactive ketones (excluding diaryl/α,β-unsaturated/α-hetero) is 1. The summed E-state index contributed by atoms with van der Waals surface area (Å²) in [6, 6.07) is 5.40. The second-order valence-corrected chi connectivity index (χ2v) is 6.60. The third-order valence-corrected chi connectivity index (χ3v) is 4.13. The molecule has 1 aromatic carbocycles. The predicted molar refractivity (Wildman–Crippen MR) is 79.8 cm³/mol. The number of aromatic hydroxyl groups is 1. The van der Waals surface area contributed by atoms with E-state index in [1.807, 2.05) is 12.1 Å². The maximum atomic E-state index is 11.5. The van der Waals surface area contributed by atoms with Crippen LogP contribution in [0.4, 0.5) is 0 Å². The minimum atomic E-state index is -0.0907. The third-order valence-electron chi connectivity index (χ3n) is 4.13. The first-order valence-electron chi connectivity index (χ1n) is 6.99. The van der Waals surface area contributed by atoms with Gasteiger partial charge in [-0.25, -0.2) is 0 Å². The molecule has 1 rings (SSSR count). The lowest BCUT2D eigenvalue weighted by atomic mass is 9.74. The number of phenolic OH excluding ortho intramolecular Hbond substituents is 1. The van der Waals surface area contributed by atoms with Crippen LogP contribution in [0.15, 0.2) is 18.2 Å². The lowest BCUT2D eigenvalue weighted by molar-refractivity contribution is 0.101. The van der Waals surface area contributed by atoms with Gasteiger partial charge in [0.2, 0.25) is 0 Å². The molecule has 0 aromatic heterocycles. The summed E-state index contributed by atoms with van der Waals surface area (Å²) in [5, 5.41) is 9.72. The molecule has 0 saturated heterocycles. The van der Waals surface area contributed by atoms with Gasteiger partial charge in [0.15, 0.2) is 5.78 Å². The van der Waals surface area contributed by atoms with Crippen LogP contribution in [-0.4, -0.2) is 10.9 Å². The van der Waals surface area contributed by atoms with Gasteiger partial charge in [-0.05, 0) is 48.3 Å². The highest BCUT2D eigenvalue weighted by Gasteiger charge is 2.25. The van der Waals surface area contributed by atoms with E-state index in [4.69, 9.17) is 0 Å². The van der Waals surface area contributed by atoms with Crippen LogP contribution in [0, 0.1) is 11.8 Å². The summed E-state index contributed by atoms with van der Waals surface area (Å²) in [4.78, 5) is 11.5. The van der Waals surface area contributed by atoms with Gasteiger partial charge < -0.3 is 5.11 Å². The van der Waals surface area contributed by atoms with E-state index >= 15 is 0 Å². The summed E-state index contributed by atoms with van der Waals surface area (Å²) in [5.41, 5.74) is 1.53. The Bertz CT molecular complexity index is 458. The summed E-state index contributed by atoms with van der Waals surface area (Å²) >= 11 is 0. The van der Waals surface area contributed by atoms with Gasteiger partial charge in [-0.15, -0.1) is 0 Å². The highest BCUT2D eigenvalue weighted by atomic mass is 16.3. The average molecular weight is 262 g/mol. The lowest BCUT2D eigenvalue weighted by Gasteiger charge is -2.31. The maximum Gasteiger partial charge on any atom is 0.163 e. The molecule has 0 saturated carbocycles. The molecule has 0 fully saturated rings. The van der Waals surface area contributed by atoms with Gasteiger partial charge >= 0.3 is 0 Å². The van der Waals surface area contributed by atoms with Crippen molar-refractivity contribution >= 4 is 5.78 Å². The van der Waals surface area contributed by atoms with E-state index in [9.17, 15) is 9.90 Å². The van der Waals surface area contributed by atoms with Crippen molar-refractivity contribution in [3.8, 4) is 5.75 Å². The van der Waals surface area contributed by atoms with Crippen LogP contribution in [0.25, 0.3) is 0 Å². The Labute approximate surface area is 116 Å². The Morgan fingerprint density at radius 3 is 2.32 bits per heavy atom. The number of benzene rings is 1. The van der Waals surface area contributed by atoms with Gasteiger partial charge in [0, 0.05) is 0 Å². The molecule has 0 spiro atoms. The molecular weight excluding hydrogens is 236 g/mol. The first-order chi connectivity index (χ1) is 8.65. The van der Waals surface area contributed by atoms with Crippen molar-refractivity contribution in [3.05, 3.63) is 29.3 Å². The molecule has 0 aliphatic rings. The van der Waals surface area contributed by atoms with Crippen molar-refractivity contribution in [2.75, 3.05) is 0 Å². The van der Waals surface area contributed by atoms with Crippen molar-refractivity contribution in [2.24, 2.45) is 11.8 Å². The van der Waals surface area contributed by atoms with Crippen LogP contribution in [-0.2, 0) is 5.41 Å². The van der Waals surface area contributed by atoms with E-state index in [0.29, 0.717) is 17.4 Å². The molecule has 0 aliphatic carbocycles. The van der Waals surface area contributed by atoms with Crippen molar-refractivity contribution in [1.29, 1.82) is 0 Å². The summed E-state index contributed by atoms with van der Waals surface area (Å²) in [6.07, 6.45) is 1.06. The van der Waals surface area contributed by atoms with E-state index < -0.39 is 0 Å². The number of hydrogen-bond donors (Lipinski definition) is 1. The molecule has 0 amide bonds. The van der Waals surface area contributed by atoms with Crippen molar-refractivity contribution in [1.82, 2.24) is 0 Å². The summed E-state index contributed by atoms with van der Waals surface area (Å²) in [5.74, 6) is 1.24. The van der Waals surface area contributed by atoms with Crippen LogP contribution in [0.5, 0.6) is 5.75 Å². The largest absolute Gasteiger partial charge is 0.507 e. The predicted octanol–water partition coefficient (Wildman–Crippen LogP) is 4.55. The normalized spacial score (nSPS) is 13.6. The van der Waals surface area contributed by atoms with Gasteiger partial charge in [-0.3, -0.25) is 4.79 Å². The lowest BCUT2D eigenvalue weighted by Crippen LogP contribution is -2.23. The maximum absolute atomic E-state index is 11.5. The number of phenols is 1. The van der Waals surface area contributed by atoms with Gasteiger partial charge in [0.05, 0.1) is 5.56 Å². The Morgan fingerprint density at radius 1 is 1.26 bits per heavy atom. The second kappa shape index (κ2) is 5.77. The summed E-state index contributed by atoms with van der Waals surface area (Å²) < 4.78 is 0. The molecule has 1 aromatic rings. The molecule has 0 heterocycles. The highest BCUT2D eigenvalue weighted by molar-refractivity contribution is 5.96. The number of carbonyl (C=O) groups excluding carboxylic acids is 1. The zero-order valence-corrected chi connectivity index (χ0v) is 12.9. The van der Waals surface area contributed by atoms with Crippen LogP contribution >= 0.6 is 0 Å². The van der Waals surface area contributed by atoms with Crippen LogP contribution < -0.4 is 0 Å². The fraction of sp³-hybridized carbons (Fsp3) is 0.588. The summed E-state index contributed by atoms with van der Waals surface area (Å²) in [6.45, 7) is 12.6. The molecule has 1 N–H and O–H groups in total. The molecule has 1 unspecified atom stereocenters. The topological polar surface area (TPSA) is 37.3 Å². The Kier molecular flexibility index (Phi) is 4.78. The Morgan fingerprint density at radius 2 is 1.84 bits per heavy atom. The van der Waals surface area contributed by atoms with Gasteiger partial charge in [0.1, 0.15) is 5.75 Å². The van der Waals surface area contributed by atoms with Crippen LogP contribution in [0.3, 0.4) is 0 Å². The molecule has 2 heteroatoms.